The molecule has 5 nitrogen and oxygen atoms in total. The summed E-state index contributed by atoms with van der Waals surface area (Å²) in [5.41, 5.74) is 3.52. The van der Waals surface area contributed by atoms with Crippen molar-refractivity contribution < 1.29 is 3.89 Å². The molecule has 7 heteroatoms. The number of fused-ring (bicyclic) bond motifs is 1. The van der Waals surface area contributed by atoms with Crippen LogP contribution in [0.2, 0.25) is 0 Å². The minimum Gasteiger partial charge on any atom is -0.370 e. The van der Waals surface area contributed by atoms with Crippen molar-refractivity contribution in [3.8, 4) is 11.3 Å². The van der Waals surface area contributed by atoms with Crippen molar-refractivity contribution in [3.05, 3.63) is 42.1 Å². The van der Waals surface area contributed by atoms with Crippen LogP contribution in [-0.2, 0) is 0 Å². The van der Waals surface area contributed by atoms with Crippen LogP contribution in [0.3, 0.4) is 0 Å². The molecule has 2 aromatic heterocycles. The molecule has 132 valence electrons. The molecule has 3 aromatic rings. The van der Waals surface area contributed by atoms with Crippen LogP contribution in [0, 0.1) is 6.92 Å². The highest BCUT2D eigenvalue weighted by molar-refractivity contribution is 7.94. The minimum atomic E-state index is 0.174. The van der Waals surface area contributed by atoms with Gasteiger partial charge in [0.15, 0.2) is 5.65 Å². The van der Waals surface area contributed by atoms with E-state index in [4.69, 9.17) is 0 Å². The van der Waals surface area contributed by atoms with Gasteiger partial charge in [-0.1, -0.05) is 24.3 Å². The highest BCUT2D eigenvalue weighted by atomic mass is 32.2. The minimum absolute atomic E-state index is 0.174. The zero-order valence-electron chi connectivity index (χ0n) is 14.7. The molecule has 0 spiro atoms. The molecule has 0 bridgehead atoms. The molecule has 3 rings (SSSR count). The van der Waals surface area contributed by atoms with E-state index in [1.807, 2.05) is 37.3 Å². The van der Waals surface area contributed by atoms with E-state index in [-0.39, 0.29) is 12.1 Å². The topological polar surface area (TPSA) is 45.5 Å². The molecule has 1 N–H and O–H groups in total. The largest absolute Gasteiger partial charge is 0.370 e. The third-order valence-corrected chi connectivity index (χ3v) is 4.49. The second kappa shape index (κ2) is 7.84. The Morgan fingerprint density at radius 2 is 2.08 bits per heavy atom. The van der Waals surface area contributed by atoms with Gasteiger partial charge < -0.3 is 10.2 Å². The first-order chi connectivity index (χ1) is 12.1. The smallest absolute Gasteiger partial charge is 0.174 e. The molecule has 0 saturated carbocycles. The summed E-state index contributed by atoms with van der Waals surface area (Å²) < 4.78 is 14.9. The van der Waals surface area contributed by atoms with Gasteiger partial charge in [-0.15, -0.1) is 0 Å². The molecule has 0 aliphatic carbocycles. The van der Waals surface area contributed by atoms with Gasteiger partial charge in [-0.2, -0.15) is 13.5 Å². The maximum absolute atomic E-state index is 13.2. The molecule has 0 radical (unpaired) electrons. The maximum atomic E-state index is 13.2. The standard InChI is InChI=1S/C18H22FN5S/c1-13-7-4-5-8-14(13)15-11-17(20-9-6-10-23(2)3)24-18(22-15)16(25-19)12-21-24/h4-5,7-8,11-12,20H,6,9-10H2,1-3H3. The van der Waals surface area contributed by atoms with Crippen molar-refractivity contribution in [2.24, 2.45) is 0 Å². The van der Waals surface area contributed by atoms with Crippen LogP contribution in [0.5, 0.6) is 0 Å². The predicted molar refractivity (Wildman–Crippen MR) is 102 cm³/mol. The van der Waals surface area contributed by atoms with E-state index in [1.54, 1.807) is 4.52 Å². The first-order valence-corrected chi connectivity index (χ1v) is 8.94. The normalized spacial score (nSPS) is 11.4. The Bertz CT molecular complexity index is 862. The summed E-state index contributed by atoms with van der Waals surface area (Å²) in [5.74, 6) is 0.822. The lowest BCUT2D eigenvalue weighted by Gasteiger charge is -2.13. The van der Waals surface area contributed by atoms with Gasteiger partial charge in [0.25, 0.3) is 0 Å². The van der Waals surface area contributed by atoms with Crippen LogP contribution in [-0.4, -0.2) is 46.7 Å². The van der Waals surface area contributed by atoms with Crippen molar-refractivity contribution in [2.45, 2.75) is 18.2 Å². The van der Waals surface area contributed by atoms with Crippen molar-refractivity contribution in [2.75, 3.05) is 32.5 Å². The number of aryl methyl sites for hydroxylation is 1. The number of halogens is 1. The molecular weight excluding hydrogens is 337 g/mol. The lowest BCUT2D eigenvalue weighted by atomic mass is 10.1. The van der Waals surface area contributed by atoms with Gasteiger partial charge >= 0.3 is 0 Å². The molecule has 0 amide bonds. The lowest BCUT2D eigenvalue weighted by molar-refractivity contribution is 0.405. The van der Waals surface area contributed by atoms with Crippen LogP contribution in [0.25, 0.3) is 16.9 Å². The number of rotatable bonds is 7. The Balaban J connectivity index is 1.99. The molecule has 2 heterocycles. The van der Waals surface area contributed by atoms with Crippen molar-refractivity contribution in [1.82, 2.24) is 19.5 Å². The Morgan fingerprint density at radius 1 is 1.28 bits per heavy atom. The number of aromatic nitrogens is 3. The van der Waals surface area contributed by atoms with Crippen molar-refractivity contribution >= 4 is 23.6 Å². The number of anilines is 1. The number of nitrogens with one attached hydrogen (secondary N) is 1. The third kappa shape index (κ3) is 3.93. The molecule has 0 aliphatic rings. The molecule has 0 atom stereocenters. The van der Waals surface area contributed by atoms with Crippen LogP contribution in [0.1, 0.15) is 12.0 Å². The number of hydrogen-bond acceptors (Lipinski definition) is 5. The summed E-state index contributed by atoms with van der Waals surface area (Å²) in [6.45, 7) is 3.85. The predicted octanol–water partition coefficient (Wildman–Crippen LogP) is 4.04. The Labute approximate surface area is 151 Å². The summed E-state index contributed by atoms with van der Waals surface area (Å²) in [4.78, 5) is 7.22. The highest BCUT2D eigenvalue weighted by Gasteiger charge is 2.14. The SMILES string of the molecule is Cc1ccccc1-c1cc(NCCCN(C)C)n2ncc(SF)c2n1. The van der Waals surface area contributed by atoms with Gasteiger partial charge in [0, 0.05) is 18.2 Å². The fourth-order valence-corrected chi connectivity index (χ4v) is 3.02. The molecule has 1 aromatic carbocycles. The highest BCUT2D eigenvalue weighted by Crippen LogP contribution is 2.29. The number of nitrogens with zero attached hydrogens (tertiary/aromatic N) is 4. The Morgan fingerprint density at radius 3 is 2.80 bits per heavy atom. The fraction of sp³-hybridized carbons (Fsp3) is 0.333. The lowest BCUT2D eigenvalue weighted by Crippen LogP contribution is -2.17. The van der Waals surface area contributed by atoms with Crippen LogP contribution in [0.15, 0.2) is 41.4 Å². The van der Waals surface area contributed by atoms with Gasteiger partial charge in [0.05, 0.1) is 24.0 Å². The Hall–Kier alpha value is -2.12. The Kier molecular flexibility index (Phi) is 5.55. The summed E-state index contributed by atoms with van der Waals surface area (Å²) in [7, 11) is 4.11. The van der Waals surface area contributed by atoms with Gasteiger partial charge in [-0.3, -0.25) is 0 Å². The van der Waals surface area contributed by atoms with Crippen LogP contribution >= 0.6 is 12.1 Å². The molecule has 0 unspecified atom stereocenters. The van der Waals surface area contributed by atoms with E-state index in [2.05, 4.69) is 34.4 Å². The van der Waals surface area contributed by atoms with E-state index in [9.17, 15) is 3.89 Å². The van der Waals surface area contributed by atoms with E-state index >= 15 is 0 Å². The zero-order chi connectivity index (χ0) is 17.8. The van der Waals surface area contributed by atoms with Crippen LogP contribution < -0.4 is 5.32 Å². The summed E-state index contributed by atoms with van der Waals surface area (Å²) in [6.07, 6.45) is 2.52. The average molecular weight is 359 g/mol. The monoisotopic (exact) mass is 359 g/mol. The summed E-state index contributed by atoms with van der Waals surface area (Å²) >= 11 is 0.174. The van der Waals surface area contributed by atoms with Gasteiger partial charge in [-0.05, 0) is 39.5 Å². The second-order valence-corrected chi connectivity index (χ2v) is 6.84. The van der Waals surface area contributed by atoms with E-state index in [1.165, 1.54) is 6.20 Å². The summed E-state index contributed by atoms with van der Waals surface area (Å²) in [5, 5.41) is 7.69. The van der Waals surface area contributed by atoms with E-state index in [0.717, 1.165) is 42.1 Å². The summed E-state index contributed by atoms with van der Waals surface area (Å²) in [6, 6.07) is 10.0. The molecule has 0 saturated heterocycles. The first kappa shape index (κ1) is 17.7. The number of benzene rings is 1. The number of hydrogen-bond donors (Lipinski definition) is 1. The molecule has 0 aliphatic heterocycles. The van der Waals surface area contributed by atoms with E-state index in [0.29, 0.717) is 10.5 Å². The molecular formula is C18H22FN5S. The van der Waals surface area contributed by atoms with Gasteiger partial charge in [0.2, 0.25) is 0 Å². The maximum Gasteiger partial charge on any atom is 0.174 e. The van der Waals surface area contributed by atoms with Gasteiger partial charge in [0.1, 0.15) is 10.7 Å². The molecule has 0 fully saturated rings. The zero-order valence-corrected chi connectivity index (χ0v) is 15.5. The average Bonchev–Trinajstić information content (AvgIpc) is 3.02. The first-order valence-electron chi connectivity index (χ1n) is 8.22. The second-order valence-electron chi connectivity index (χ2n) is 6.25. The third-order valence-electron chi connectivity index (χ3n) is 4.03. The fourth-order valence-electron chi connectivity index (χ4n) is 2.73. The van der Waals surface area contributed by atoms with Gasteiger partial charge in [-0.25, -0.2) is 4.98 Å². The van der Waals surface area contributed by atoms with Crippen molar-refractivity contribution in [1.29, 1.82) is 0 Å². The van der Waals surface area contributed by atoms with Crippen LogP contribution in [0.4, 0.5) is 9.70 Å². The molecule has 25 heavy (non-hydrogen) atoms. The van der Waals surface area contributed by atoms with E-state index < -0.39 is 0 Å². The van der Waals surface area contributed by atoms with Crippen molar-refractivity contribution in [3.63, 3.8) is 0 Å². The quantitative estimate of drug-likeness (QED) is 0.645.